The number of carbonyl (C=O) groups excluding carboxylic acids is 1. The van der Waals surface area contributed by atoms with Gasteiger partial charge in [0.25, 0.3) is 0 Å². The number of amides is 1. The zero-order chi connectivity index (χ0) is 14.4. The number of nitrogens with zero attached hydrogens (tertiary/aromatic N) is 1. The quantitative estimate of drug-likeness (QED) is 0.758. The van der Waals surface area contributed by atoms with Crippen LogP contribution in [0.4, 0.5) is 4.39 Å². The first-order chi connectivity index (χ1) is 9.66. The van der Waals surface area contributed by atoms with Crippen molar-refractivity contribution in [2.24, 2.45) is 0 Å². The van der Waals surface area contributed by atoms with Crippen LogP contribution in [0.5, 0.6) is 5.75 Å². The summed E-state index contributed by atoms with van der Waals surface area (Å²) in [5, 5.41) is 6.02. The van der Waals surface area contributed by atoms with Gasteiger partial charge in [-0.05, 0) is 19.2 Å². The van der Waals surface area contributed by atoms with Crippen LogP contribution in [0.2, 0.25) is 0 Å². The van der Waals surface area contributed by atoms with Crippen LogP contribution >= 0.6 is 0 Å². The number of likely N-dealkylation sites (N-methyl/N-ethyl adjacent to an activating group) is 1. The molecular formula is C14H20FN3O2. The Morgan fingerprint density at radius 2 is 2.45 bits per heavy atom. The third-order valence-corrected chi connectivity index (χ3v) is 3.28. The van der Waals surface area contributed by atoms with E-state index in [0.29, 0.717) is 25.4 Å². The fourth-order valence-electron chi connectivity index (χ4n) is 2.12. The maximum absolute atomic E-state index is 12.9. The number of rotatable bonds is 5. The topological polar surface area (TPSA) is 53.6 Å². The van der Waals surface area contributed by atoms with Crippen LogP contribution in [0.15, 0.2) is 24.3 Å². The van der Waals surface area contributed by atoms with Gasteiger partial charge in [-0.1, -0.05) is 6.07 Å². The normalized spacial score (nSPS) is 19.6. The lowest BCUT2D eigenvalue weighted by Gasteiger charge is -2.31. The Balaban J connectivity index is 1.69. The Labute approximate surface area is 118 Å². The number of hydrogen-bond acceptors (Lipinski definition) is 4. The van der Waals surface area contributed by atoms with Gasteiger partial charge < -0.3 is 15.4 Å². The van der Waals surface area contributed by atoms with Crippen LogP contribution < -0.4 is 15.4 Å². The van der Waals surface area contributed by atoms with E-state index in [1.54, 1.807) is 12.1 Å². The highest BCUT2D eigenvalue weighted by Crippen LogP contribution is 2.11. The van der Waals surface area contributed by atoms with Gasteiger partial charge in [0.2, 0.25) is 5.91 Å². The van der Waals surface area contributed by atoms with Crippen molar-refractivity contribution < 1.29 is 13.9 Å². The van der Waals surface area contributed by atoms with Crippen molar-refractivity contribution in [1.29, 1.82) is 0 Å². The highest BCUT2D eigenvalue weighted by Gasteiger charge is 2.25. The molecule has 0 aliphatic carbocycles. The van der Waals surface area contributed by atoms with Crippen molar-refractivity contribution >= 4 is 5.91 Å². The van der Waals surface area contributed by atoms with Crippen LogP contribution in [0.3, 0.4) is 0 Å². The van der Waals surface area contributed by atoms with Crippen molar-refractivity contribution in [3.63, 3.8) is 0 Å². The average molecular weight is 281 g/mol. The second-order valence-corrected chi connectivity index (χ2v) is 4.80. The van der Waals surface area contributed by atoms with Gasteiger partial charge >= 0.3 is 0 Å². The summed E-state index contributed by atoms with van der Waals surface area (Å²) in [6.45, 7) is 3.15. The molecule has 2 N–H and O–H groups in total. The number of hydrogen-bond donors (Lipinski definition) is 2. The Morgan fingerprint density at radius 3 is 3.20 bits per heavy atom. The lowest BCUT2D eigenvalue weighted by atomic mass is 10.2. The van der Waals surface area contributed by atoms with E-state index in [1.807, 2.05) is 11.9 Å². The molecule has 20 heavy (non-hydrogen) atoms. The van der Waals surface area contributed by atoms with Crippen molar-refractivity contribution in [3.05, 3.63) is 30.1 Å². The zero-order valence-corrected chi connectivity index (χ0v) is 11.6. The monoisotopic (exact) mass is 281 g/mol. The lowest BCUT2D eigenvalue weighted by Crippen LogP contribution is -2.56. The molecular weight excluding hydrogens is 261 g/mol. The van der Waals surface area contributed by atoms with Gasteiger partial charge in [-0.15, -0.1) is 0 Å². The summed E-state index contributed by atoms with van der Waals surface area (Å²) in [4.78, 5) is 14.0. The number of carbonyl (C=O) groups is 1. The molecule has 1 amide bonds. The van der Waals surface area contributed by atoms with Gasteiger partial charge in [-0.2, -0.15) is 0 Å². The number of piperazine rings is 1. The SMILES string of the molecule is CN1CCNC[C@@H]1C(=O)NCCOc1cccc(F)c1. The molecule has 1 aliphatic rings. The van der Waals surface area contributed by atoms with Crippen LogP contribution in [-0.4, -0.2) is 56.7 Å². The largest absolute Gasteiger partial charge is 0.492 e. The molecule has 0 bridgehead atoms. The van der Waals surface area contributed by atoms with Gasteiger partial charge in [0.1, 0.15) is 24.2 Å². The molecule has 0 saturated carbocycles. The van der Waals surface area contributed by atoms with Crippen LogP contribution in [0, 0.1) is 5.82 Å². The van der Waals surface area contributed by atoms with Gasteiger partial charge in [-0.25, -0.2) is 4.39 Å². The summed E-state index contributed by atoms with van der Waals surface area (Å²) in [7, 11) is 1.94. The van der Waals surface area contributed by atoms with Gasteiger partial charge in [0, 0.05) is 25.7 Å². The number of benzene rings is 1. The second kappa shape index (κ2) is 7.21. The minimum absolute atomic E-state index is 0.0115. The summed E-state index contributed by atoms with van der Waals surface area (Å²) in [6.07, 6.45) is 0. The van der Waals surface area contributed by atoms with Gasteiger partial charge in [-0.3, -0.25) is 9.69 Å². The third kappa shape index (κ3) is 4.18. The highest BCUT2D eigenvalue weighted by molar-refractivity contribution is 5.82. The summed E-state index contributed by atoms with van der Waals surface area (Å²) in [5.74, 6) is 0.125. The van der Waals surface area contributed by atoms with E-state index in [1.165, 1.54) is 12.1 Å². The number of halogens is 1. The van der Waals surface area contributed by atoms with E-state index >= 15 is 0 Å². The lowest BCUT2D eigenvalue weighted by molar-refractivity contribution is -0.126. The minimum atomic E-state index is -0.332. The standard InChI is InChI=1S/C14H20FN3O2/c1-18-7-5-16-10-13(18)14(19)17-6-8-20-12-4-2-3-11(15)9-12/h2-4,9,13,16H,5-8,10H2,1H3,(H,17,19)/t13-/m1/s1. The predicted molar refractivity (Wildman–Crippen MR) is 74.2 cm³/mol. The Kier molecular flexibility index (Phi) is 5.31. The average Bonchev–Trinajstić information content (AvgIpc) is 2.44. The molecule has 1 aromatic carbocycles. The Hall–Kier alpha value is -1.66. The molecule has 6 heteroatoms. The van der Waals surface area contributed by atoms with E-state index in [4.69, 9.17) is 4.74 Å². The molecule has 0 aromatic heterocycles. The Morgan fingerprint density at radius 1 is 1.60 bits per heavy atom. The minimum Gasteiger partial charge on any atom is -0.492 e. The third-order valence-electron chi connectivity index (χ3n) is 3.28. The van der Waals surface area contributed by atoms with E-state index in [-0.39, 0.29) is 17.8 Å². The molecule has 1 aliphatic heterocycles. The van der Waals surface area contributed by atoms with Gasteiger partial charge in [0.05, 0.1) is 6.54 Å². The fourth-order valence-corrected chi connectivity index (χ4v) is 2.12. The second-order valence-electron chi connectivity index (χ2n) is 4.80. The van der Waals surface area contributed by atoms with Crippen molar-refractivity contribution in [3.8, 4) is 5.75 Å². The summed E-state index contributed by atoms with van der Waals surface area (Å²) in [6, 6.07) is 5.81. The molecule has 5 nitrogen and oxygen atoms in total. The van der Waals surface area contributed by atoms with E-state index in [0.717, 1.165) is 13.1 Å². The highest BCUT2D eigenvalue weighted by atomic mass is 19.1. The fraction of sp³-hybridized carbons (Fsp3) is 0.500. The van der Waals surface area contributed by atoms with E-state index < -0.39 is 0 Å². The first kappa shape index (κ1) is 14.7. The molecule has 110 valence electrons. The molecule has 1 saturated heterocycles. The van der Waals surface area contributed by atoms with E-state index in [9.17, 15) is 9.18 Å². The Bertz CT molecular complexity index is 456. The molecule has 0 unspecified atom stereocenters. The zero-order valence-electron chi connectivity index (χ0n) is 11.6. The summed E-state index contributed by atoms with van der Waals surface area (Å²) >= 11 is 0. The molecule has 1 atom stereocenters. The van der Waals surface area contributed by atoms with Crippen LogP contribution in [-0.2, 0) is 4.79 Å². The predicted octanol–water partition coefficient (Wildman–Crippen LogP) is 0.224. The van der Waals surface area contributed by atoms with Crippen molar-refractivity contribution in [1.82, 2.24) is 15.5 Å². The van der Waals surface area contributed by atoms with Crippen LogP contribution in [0.1, 0.15) is 0 Å². The number of ether oxygens (including phenoxy) is 1. The maximum atomic E-state index is 12.9. The molecule has 1 heterocycles. The smallest absolute Gasteiger partial charge is 0.238 e. The molecule has 1 aromatic rings. The molecule has 0 spiro atoms. The summed E-state index contributed by atoms with van der Waals surface area (Å²) in [5.41, 5.74) is 0. The number of nitrogens with one attached hydrogen (secondary N) is 2. The van der Waals surface area contributed by atoms with Crippen molar-refractivity contribution in [2.45, 2.75) is 6.04 Å². The first-order valence-electron chi connectivity index (χ1n) is 6.74. The maximum Gasteiger partial charge on any atom is 0.238 e. The molecule has 2 rings (SSSR count). The molecule has 0 radical (unpaired) electrons. The van der Waals surface area contributed by atoms with Gasteiger partial charge in [0.15, 0.2) is 0 Å². The summed E-state index contributed by atoms with van der Waals surface area (Å²) < 4.78 is 18.3. The van der Waals surface area contributed by atoms with Crippen LogP contribution in [0.25, 0.3) is 0 Å². The molecule has 1 fully saturated rings. The van der Waals surface area contributed by atoms with Crippen molar-refractivity contribution in [2.75, 3.05) is 39.8 Å². The van der Waals surface area contributed by atoms with E-state index in [2.05, 4.69) is 10.6 Å². The first-order valence-corrected chi connectivity index (χ1v) is 6.74.